The van der Waals surface area contributed by atoms with E-state index in [1.807, 2.05) is 6.20 Å². The van der Waals surface area contributed by atoms with Gasteiger partial charge in [-0.25, -0.2) is 0 Å². The number of pyridine rings is 1. The number of aryl methyl sites for hydroxylation is 1. The number of allylic oxidation sites excluding steroid dienone is 1. The molecule has 0 aliphatic heterocycles. The van der Waals surface area contributed by atoms with Crippen LogP contribution in [-0.2, 0) is 0 Å². The highest BCUT2D eigenvalue weighted by Gasteiger charge is 2.21. The molecular weight excluding hydrogens is 348 g/mol. The normalized spacial score (nSPS) is 14.7. The molecular formula is C20H29BrN2. The fourth-order valence-electron chi connectivity index (χ4n) is 3.54. The Morgan fingerprint density at radius 1 is 1.30 bits per heavy atom. The van der Waals surface area contributed by atoms with E-state index in [1.165, 1.54) is 29.3 Å². The summed E-state index contributed by atoms with van der Waals surface area (Å²) in [7, 11) is 0. The van der Waals surface area contributed by atoms with Crippen LogP contribution < -0.4 is 0 Å². The van der Waals surface area contributed by atoms with E-state index in [0.717, 1.165) is 23.0 Å². The monoisotopic (exact) mass is 376 g/mol. The van der Waals surface area contributed by atoms with E-state index in [0.29, 0.717) is 12.0 Å². The van der Waals surface area contributed by atoms with Crippen LogP contribution in [0.4, 0.5) is 0 Å². The van der Waals surface area contributed by atoms with Crippen molar-refractivity contribution in [2.24, 2.45) is 5.92 Å². The predicted molar refractivity (Wildman–Crippen MR) is 105 cm³/mol. The quantitative estimate of drug-likeness (QED) is 0.512. The summed E-state index contributed by atoms with van der Waals surface area (Å²) in [5.74, 6) is 0.670. The predicted octanol–water partition coefficient (Wildman–Crippen LogP) is 6.92. The summed E-state index contributed by atoms with van der Waals surface area (Å²) < 4.78 is 3.64. The molecule has 0 saturated heterocycles. The molecule has 2 nitrogen and oxygen atoms in total. The van der Waals surface area contributed by atoms with Gasteiger partial charge in [-0.3, -0.25) is 4.98 Å². The van der Waals surface area contributed by atoms with E-state index in [1.54, 1.807) is 0 Å². The number of aromatic nitrogens is 2. The summed E-state index contributed by atoms with van der Waals surface area (Å²) in [4.78, 5) is 4.61. The highest BCUT2D eigenvalue weighted by atomic mass is 79.9. The third kappa shape index (κ3) is 3.71. The fourth-order valence-corrected chi connectivity index (χ4v) is 4.05. The molecule has 2 heterocycles. The summed E-state index contributed by atoms with van der Waals surface area (Å²) in [5.41, 5.74) is 3.69. The van der Waals surface area contributed by atoms with Crippen molar-refractivity contribution in [3.8, 4) is 0 Å². The zero-order chi connectivity index (χ0) is 17.0. The molecule has 0 N–H and O–H groups in total. The minimum atomic E-state index is 0.527. The molecule has 2 aromatic heterocycles. The molecule has 23 heavy (non-hydrogen) atoms. The summed E-state index contributed by atoms with van der Waals surface area (Å²) >= 11 is 3.75. The molecule has 0 fully saturated rings. The Bertz CT molecular complexity index is 684. The highest BCUT2D eigenvalue weighted by Crippen LogP contribution is 2.36. The lowest BCUT2D eigenvalue weighted by atomic mass is 9.94. The lowest BCUT2D eigenvalue weighted by molar-refractivity contribution is 0.329. The third-order valence-electron chi connectivity index (χ3n) is 4.75. The lowest BCUT2D eigenvalue weighted by Gasteiger charge is -2.26. The number of rotatable bonds is 7. The van der Waals surface area contributed by atoms with Crippen molar-refractivity contribution in [2.45, 2.75) is 66.3 Å². The topological polar surface area (TPSA) is 17.8 Å². The molecule has 126 valence electrons. The molecule has 3 heteroatoms. The number of hydrogen-bond acceptors (Lipinski definition) is 1. The van der Waals surface area contributed by atoms with Gasteiger partial charge in [-0.05, 0) is 48.0 Å². The molecule has 0 aliphatic carbocycles. The second-order valence-corrected chi connectivity index (χ2v) is 7.31. The van der Waals surface area contributed by atoms with Crippen molar-refractivity contribution in [3.63, 3.8) is 0 Å². The van der Waals surface area contributed by atoms with Crippen LogP contribution in [0.3, 0.4) is 0 Å². The van der Waals surface area contributed by atoms with Crippen LogP contribution >= 0.6 is 15.9 Å². The van der Waals surface area contributed by atoms with Crippen molar-refractivity contribution < 1.29 is 0 Å². The van der Waals surface area contributed by atoms with Crippen molar-refractivity contribution in [1.82, 2.24) is 9.55 Å². The summed E-state index contributed by atoms with van der Waals surface area (Å²) in [6.45, 7) is 11.2. The standard InChI is InChI=1S/C20H29BrN2/c1-6-9-11-16-15(5)22-12-17-18(21)13-23(20(16)17)19(8-3)14(4)10-7-2/h9,11-14,19H,6-8,10H2,1-5H3/b11-9-. The smallest absolute Gasteiger partial charge is 0.0602 e. The van der Waals surface area contributed by atoms with Crippen LogP contribution in [0.2, 0.25) is 0 Å². The molecule has 2 unspecified atom stereocenters. The first-order valence-electron chi connectivity index (χ1n) is 8.87. The number of fused-ring (bicyclic) bond motifs is 1. The van der Waals surface area contributed by atoms with Crippen LogP contribution in [0.1, 0.15) is 70.7 Å². The largest absolute Gasteiger partial charge is 0.342 e. The van der Waals surface area contributed by atoms with Crippen LogP contribution in [-0.4, -0.2) is 9.55 Å². The van der Waals surface area contributed by atoms with Crippen molar-refractivity contribution in [1.29, 1.82) is 0 Å². The summed E-state index contributed by atoms with van der Waals surface area (Å²) in [5, 5.41) is 1.22. The van der Waals surface area contributed by atoms with Crippen LogP contribution in [0.15, 0.2) is 22.9 Å². The number of halogens is 1. The highest BCUT2D eigenvalue weighted by molar-refractivity contribution is 9.10. The van der Waals surface area contributed by atoms with Crippen molar-refractivity contribution in [2.75, 3.05) is 0 Å². The second kappa shape index (κ2) is 8.14. The van der Waals surface area contributed by atoms with Gasteiger partial charge < -0.3 is 4.57 Å². The van der Waals surface area contributed by atoms with Gasteiger partial charge in [-0.15, -0.1) is 0 Å². The maximum atomic E-state index is 4.61. The average Bonchev–Trinajstić information content (AvgIpc) is 2.84. The fraction of sp³-hybridized carbons (Fsp3) is 0.550. The molecule has 2 rings (SSSR count). The van der Waals surface area contributed by atoms with Gasteiger partial charge in [0.25, 0.3) is 0 Å². The average molecular weight is 377 g/mol. The lowest BCUT2D eigenvalue weighted by Crippen LogP contribution is -2.16. The Morgan fingerprint density at radius 2 is 2.04 bits per heavy atom. The van der Waals surface area contributed by atoms with Crippen molar-refractivity contribution >= 4 is 32.9 Å². The van der Waals surface area contributed by atoms with Gasteiger partial charge in [0.1, 0.15) is 0 Å². The van der Waals surface area contributed by atoms with E-state index in [9.17, 15) is 0 Å². The van der Waals surface area contributed by atoms with Crippen molar-refractivity contribution in [3.05, 3.63) is 34.2 Å². The minimum Gasteiger partial charge on any atom is -0.342 e. The number of hydrogen-bond donors (Lipinski definition) is 0. The van der Waals surface area contributed by atoms with Gasteiger partial charge in [0.15, 0.2) is 0 Å². The minimum absolute atomic E-state index is 0.527. The molecule has 0 bridgehead atoms. The molecule has 0 radical (unpaired) electrons. The SMILES string of the molecule is CC/C=C\c1c(C)ncc2c(Br)cn(C(CC)C(C)CCC)c12. The van der Waals surface area contributed by atoms with Crippen LogP contribution in [0.25, 0.3) is 17.0 Å². The van der Waals surface area contributed by atoms with Gasteiger partial charge in [-0.1, -0.05) is 46.3 Å². The Hall–Kier alpha value is -1.09. The molecule has 0 amide bonds. The van der Waals surface area contributed by atoms with Gasteiger partial charge in [-0.2, -0.15) is 0 Å². The van der Waals surface area contributed by atoms with E-state index in [2.05, 4.69) is 78.4 Å². The van der Waals surface area contributed by atoms with Gasteiger partial charge in [0.2, 0.25) is 0 Å². The third-order valence-corrected chi connectivity index (χ3v) is 5.38. The Balaban J connectivity index is 2.68. The Kier molecular flexibility index (Phi) is 6.46. The molecule has 2 atom stereocenters. The Morgan fingerprint density at radius 3 is 2.65 bits per heavy atom. The zero-order valence-corrected chi connectivity index (χ0v) is 16.7. The molecule has 0 spiro atoms. The Labute approximate surface area is 149 Å². The maximum Gasteiger partial charge on any atom is 0.0602 e. The summed E-state index contributed by atoms with van der Waals surface area (Å²) in [6, 6.07) is 0.527. The summed E-state index contributed by atoms with van der Waals surface area (Å²) in [6.07, 6.45) is 13.4. The zero-order valence-electron chi connectivity index (χ0n) is 15.1. The first kappa shape index (κ1) is 18.3. The van der Waals surface area contributed by atoms with Crippen LogP contribution in [0, 0.1) is 12.8 Å². The first-order valence-corrected chi connectivity index (χ1v) is 9.66. The van der Waals surface area contributed by atoms with Crippen LogP contribution in [0.5, 0.6) is 0 Å². The maximum absolute atomic E-state index is 4.61. The second-order valence-electron chi connectivity index (χ2n) is 6.46. The van der Waals surface area contributed by atoms with E-state index in [-0.39, 0.29) is 0 Å². The molecule has 2 aromatic rings. The van der Waals surface area contributed by atoms with Gasteiger partial charge in [0, 0.05) is 39.6 Å². The molecule has 0 aromatic carbocycles. The van der Waals surface area contributed by atoms with E-state index < -0.39 is 0 Å². The van der Waals surface area contributed by atoms with E-state index in [4.69, 9.17) is 0 Å². The molecule has 0 saturated carbocycles. The molecule has 0 aliphatic rings. The van der Waals surface area contributed by atoms with Gasteiger partial charge >= 0.3 is 0 Å². The number of nitrogens with zero attached hydrogens (tertiary/aromatic N) is 2. The van der Waals surface area contributed by atoms with Gasteiger partial charge in [0.05, 0.1) is 5.52 Å². The van der Waals surface area contributed by atoms with E-state index >= 15 is 0 Å². The first-order chi connectivity index (χ1) is 11.0.